The molecular weight excluding hydrogens is 322 g/mol. The molecule has 1 aliphatic heterocycles. The number of benzene rings is 1. The molecule has 0 radical (unpaired) electrons. The molecule has 6 heteroatoms. The highest BCUT2D eigenvalue weighted by atomic mass is 32.1. The monoisotopic (exact) mass is 341 g/mol. The number of anilines is 2. The van der Waals surface area contributed by atoms with Gasteiger partial charge >= 0.3 is 0 Å². The molecule has 124 valence electrons. The van der Waals surface area contributed by atoms with Crippen molar-refractivity contribution in [3.63, 3.8) is 0 Å². The van der Waals surface area contributed by atoms with E-state index in [4.69, 9.17) is 0 Å². The van der Waals surface area contributed by atoms with Crippen molar-refractivity contribution < 1.29 is 9.59 Å². The second-order valence-corrected chi connectivity index (χ2v) is 7.34. The van der Waals surface area contributed by atoms with Gasteiger partial charge in [-0.25, -0.2) is 4.98 Å². The van der Waals surface area contributed by atoms with Crippen LogP contribution in [0.5, 0.6) is 0 Å². The Balaban J connectivity index is 1.31. The molecule has 0 saturated heterocycles. The molecule has 0 bridgehead atoms. The van der Waals surface area contributed by atoms with Crippen LogP contribution in [-0.2, 0) is 16.0 Å². The quantitative estimate of drug-likeness (QED) is 0.873. The van der Waals surface area contributed by atoms with Gasteiger partial charge in [-0.3, -0.25) is 9.59 Å². The maximum absolute atomic E-state index is 12.2. The molecule has 1 fully saturated rings. The summed E-state index contributed by atoms with van der Waals surface area (Å²) in [5, 5.41) is 8.47. The topological polar surface area (TPSA) is 71.1 Å². The minimum absolute atomic E-state index is 0.00627. The van der Waals surface area contributed by atoms with Crippen molar-refractivity contribution in [2.75, 3.05) is 10.6 Å². The maximum Gasteiger partial charge on any atom is 0.227 e. The fourth-order valence-corrected chi connectivity index (χ4v) is 3.85. The molecule has 1 saturated carbocycles. The Morgan fingerprint density at radius 2 is 2.17 bits per heavy atom. The maximum atomic E-state index is 12.2. The normalized spacial score (nSPS) is 19.5. The first-order chi connectivity index (χ1) is 11.7. The third-order valence-corrected chi connectivity index (χ3v) is 5.37. The van der Waals surface area contributed by atoms with Crippen LogP contribution < -0.4 is 10.6 Å². The van der Waals surface area contributed by atoms with Crippen molar-refractivity contribution in [1.82, 2.24) is 4.98 Å². The fourth-order valence-electron chi connectivity index (χ4n) is 3.04. The lowest BCUT2D eigenvalue weighted by atomic mass is 9.89. The smallest absolute Gasteiger partial charge is 0.227 e. The number of amides is 2. The number of nitrogens with zero attached hydrogens (tertiary/aromatic N) is 1. The highest BCUT2D eigenvalue weighted by Crippen LogP contribution is 2.40. The Morgan fingerprint density at radius 1 is 1.33 bits per heavy atom. The van der Waals surface area contributed by atoms with E-state index in [1.807, 2.05) is 29.6 Å². The third-order valence-electron chi connectivity index (χ3n) is 4.60. The van der Waals surface area contributed by atoms with Crippen molar-refractivity contribution >= 4 is 34.0 Å². The molecule has 2 heterocycles. The number of rotatable bonds is 5. The Kier molecular flexibility index (Phi) is 4.06. The molecule has 2 aliphatic rings. The van der Waals surface area contributed by atoms with Crippen LogP contribution in [0.25, 0.3) is 0 Å². The van der Waals surface area contributed by atoms with Crippen LogP contribution in [0.1, 0.15) is 42.9 Å². The number of fused-ring (bicyclic) bond motifs is 1. The predicted octanol–water partition coefficient (Wildman–Crippen LogP) is 3.55. The van der Waals surface area contributed by atoms with Crippen LogP contribution in [-0.4, -0.2) is 16.8 Å². The molecule has 1 unspecified atom stereocenters. The summed E-state index contributed by atoms with van der Waals surface area (Å²) >= 11 is 1.48. The fraction of sp³-hybridized carbons (Fsp3) is 0.389. The second-order valence-electron chi connectivity index (χ2n) is 6.49. The van der Waals surface area contributed by atoms with E-state index in [2.05, 4.69) is 15.6 Å². The van der Waals surface area contributed by atoms with Gasteiger partial charge in [-0.1, -0.05) is 18.2 Å². The van der Waals surface area contributed by atoms with Crippen molar-refractivity contribution in [3.8, 4) is 0 Å². The van der Waals surface area contributed by atoms with Crippen LogP contribution >= 0.6 is 11.3 Å². The molecular formula is C18H19N3O2S. The average molecular weight is 341 g/mol. The van der Waals surface area contributed by atoms with E-state index in [-0.39, 0.29) is 17.7 Å². The number of aromatic nitrogens is 1. The molecule has 1 aromatic carbocycles. The summed E-state index contributed by atoms with van der Waals surface area (Å²) in [4.78, 5) is 28.7. The van der Waals surface area contributed by atoms with Crippen LogP contribution in [0.2, 0.25) is 0 Å². The van der Waals surface area contributed by atoms with Gasteiger partial charge in [0.2, 0.25) is 11.8 Å². The summed E-state index contributed by atoms with van der Waals surface area (Å²) in [6.45, 7) is 0. The second kappa shape index (κ2) is 6.36. The largest absolute Gasteiger partial charge is 0.326 e. The first kappa shape index (κ1) is 15.3. The van der Waals surface area contributed by atoms with Gasteiger partial charge in [-0.2, -0.15) is 0 Å². The minimum Gasteiger partial charge on any atom is -0.326 e. The first-order valence-electron chi connectivity index (χ1n) is 8.33. The Hall–Kier alpha value is -2.21. The summed E-state index contributed by atoms with van der Waals surface area (Å²) in [7, 11) is 0. The van der Waals surface area contributed by atoms with Gasteiger partial charge in [0.15, 0.2) is 5.13 Å². The molecule has 1 aliphatic carbocycles. The molecule has 4 rings (SSSR count). The van der Waals surface area contributed by atoms with E-state index in [1.165, 1.54) is 24.2 Å². The van der Waals surface area contributed by atoms with E-state index in [0.29, 0.717) is 30.3 Å². The van der Waals surface area contributed by atoms with Gasteiger partial charge in [0.25, 0.3) is 0 Å². The van der Waals surface area contributed by atoms with Crippen molar-refractivity contribution in [1.29, 1.82) is 0 Å². The van der Waals surface area contributed by atoms with Gasteiger partial charge < -0.3 is 10.6 Å². The van der Waals surface area contributed by atoms with E-state index in [1.54, 1.807) is 0 Å². The lowest BCUT2D eigenvalue weighted by Crippen LogP contribution is -2.30. The Bertz CT molecular complexity index is 782. The molecule has 5 nitrogen and oxygen atoms in total. The number of hydrogen-bond acceptors (Lipinski definition) is 4. The zero-order valence-electron chi connectivity index (χ0n) is 13.2. The predicted molar refractivity (Wildman–Crippen MR) is 94.2 cm³/mol. The molecule has 1 atom stereocenters. The van der Waals surface area contributed by atoms with Gasteiger partial charge in [0.1, 0.15) is 0 Å². The lowest BCUT2D eigenvalue weighted by Gasteiger charge is -2.24. The Labute approximate surface area is 144 Å². The summed E-state index contributed by atoms with van der Waals surface area (Å²) in [6, 6.07) is 7.82. The van der Waals surface area contributed by atoms with Gasteiger partial charge in [0, 0.05) is 29.3 Å². The van der Waals surface area contributed by atoms with E-state index < -0.39 is 0 Å². The highest BCUT2D eigenvalue weighted by molar-refractivity contribution is 7.13. The van der Waals surface area contributed by atoms with Crippen LogP contribution in [0.4, 0.5) is 10.8 Å². The number of para-hydroxylation sites is 1. The van der Waals surface area contributed by atoms with Crippen molar-refractivity contribution in [3.05, 3.63) is 40.9 Å². The zero-order valence-corrected chi connectivity index (χ0v) is 14.1. The van der Waals surface area contributed by atoms with Gasteiger partial charge in [0.05, 0.1) is 5.69 Å². The standard InChI is InChI=1S/C18H19N3O2S/c22-16(21-18-20-15(10-24-18)11-5-6-11)8-7-13-9-12-3-1-2-4-14(12)19-17(13)23/h1-4,10-11,13H,5-9H2,(H,19,23)(H,20,21,22). The minimum atomic E-state index is -0.149. The number of hydrogen-bond donors (Lipinski definition) is 2. The Morgan fingerprint density at radius 3 is 3.00 bits per heavy atom. The van der Waals surface area contributed by atoms with Crippen molar-refractivity contribution in [2.45, 2.75) is 38.0 Å². The van der Waals surface area contributed by atoms with Gasteiger partial charge in [-0.15, -0.1) is 11.3 Å². The zero-order chi connectivity index (χ0) is 16.5. The summed E-state index contributed by atoms with van der Waals surface area (Å²) in [5.41, 5.74) is 3.12. The van der Waals surface area contributed by atoms with E-state index in [9.17, 15) is 9.59 Å². The summed E-state index contributed by atoms with van der Waals surface area (Å²) < 4.78 is 0. The highest BCUT2D eigenvalue weighted by Gasteiger charge is 2.27. The van der Waals surface area contributed by atoms with E-state index >= 15 is 0 Å². The molecule has 0 spiro atoms. The molecule has 24 heavy (non-hydrogen) atoms. The average Bonchev–Trinajstić information content (AvgIpc) is 3.33. The lowest BCUT2D eigenvalue weighted by molar-refractivity contribution is -0.121. The number of thiazole rings is 1. The number of carbonyl (C=O) groups excluding carboxylic acids is 2. The first-order valence-corrected chi connectivity index (χ1v) is 9.21. The van der Waals surface area contributed by atoms with Crippen LogP contribution in [0.3, 0.4) is 0 Å². The third kappa shape index (κ3) is 3.33. The molecule has 1 aromatic heterocycles. The number of nitrogens with one attached hydrogen (secondary N) is 2. The molecule has 2 aromatic rings. The SMILES string of the molecule is O=C(CCC1Cc2ccccc2NC1=O)Nc1nc(C2CC2)cs1. The van der Waals surface area contributed by atoms with Gasteiger partial charge in [-0.05, 0) is 37.3 Å². The summed E-state index contributed by atoms with van der Waals surface area (Å²) in [5.74, 6) is 0.381. The molecule has 2 N–H and O–H groups in total. The van der Waals surface area contributed by atoms with E-state index in [0.717, 1.165) is 16.9 Å². The van der Waals surface area contributed by atoms with Crippen LogP contribution in [0, 0.1) is 5.92 Å². The molecule has 2 amide bonds. The van der Waals surface area contributed by atoms with Crippen molar-refractivity contribution in [2.24, 2.45) is 5.92 Å². The van der Waals surface area contributed by atoms with Crippen LogP contribution in [0.15, 0.2) is 29.6 Å². The summed E-state index contributed by atoms with van der Waals surface area (Å²) in [6.07, 6.45) is 3.98. The number of carbonyl (C=O) groups is 2.